The zero-order chi connectivity index (χ0) is 20.9. The SMILES string of the molecule is CCC(NC(=O)c1ccccc1)[C@@H]1[C@H]2CC(c3ncnc4cc(F)ccc34)=C[C@]21Cl. The van der Waals surface area contributed by atoms with Crippen LogP contribution in [0.4, 0.5) is 4.39 Å². The van der Waals surface area contributed by atoms with E-state index < -0.39 is 4.87 Å². The van der Waals surface area contributed by atoms with Crippen LogP contribution in [-0.2, 0) is 0 Å². The first kappa shape index (κ1) is 19.2. The minimum atomic E-state index is -0.475. The second-order valence-corrected chi connectivity index (χ2v) is 8.73. The van der Waals surface area contributed by atoms with E-state index in [-0.39, 0.29) is 29.6 Å². The van der Waals surface area contributed by atoms with Crippen LogP contribution in [0.5, 0.6) is 0 Å². The van der Waals surface area contributed by atoms with Crippen LogP contribution in [0.2, 0.25) is 0 Å². The van der Waals surface area contributed by atoms with Crippen molar-refractivity contribution in [3.05, 3.63) is 78.0 Å². The van der Waals surface area contributed by atoms with Gasteiger partial charge in [-0.15, -0.1) is 11.6 Å². The molecule has 1 fully saturated rings. The van der Waals surface area contributed by atoms with Crippen molar-refractivity contribution in [2.75, 3.05) is 0 Å². The molecule has 1 heterocycles. The second-order valence-electron chi connectivity index (χ2n) is 8.07. The lowest BCUT2D eigenvalue weighted by molar-refractivity contribution is 0.0929. The summed E-state index contributed by atoms with van der Waals surface area (Å²) in [5.74, 6) is 0.0525. The Bertz CT molecular complexity index is 1170. The van der Waals surface area contributed by atoms with Crippen molar-refractivity contribution in [1.82, 2.24) is 15.3 Å². The number of alkyl halides is 1. The van der Waals surface area contributed by atoms with Crippen LogP contribution in [0.1, 0.15) is 35.8 Å². The zero-order valence-corrected chi connectivity index (χ0v) is 17.2. The zero-order valence-electron chi connectivity index (χ0n) is 16.5. The molecule has 0 bridgehead atoms. The monoisotopic (exact) mass is 421 g/mol. The molecule has 0 saturated heterocycles. The molecular weight excluding hydrogens is 401 g/mol. The number of allylic oxidation sites excluding steroid dienone is 2. The highest BCUT2D eigenvalue weighted by Crippen LogP contribution is 2.67. The fourth-order valence-corrected chi connectivity index (χ4v) is 5.44. The lowest BCUT2D eigenvalue weighted by atomic mass is 9.97. The number of halogens is 2. The van der Waals surface area contributed by atoms with E-state index in [1.807, 2.05) is 30.3 Å². The Morgan fingerprint density at radius 3 is 2.77 bits per heavy atom. The number of hydrogen-bond donors (Lipinski definition) is 1. The third-order valence-electron chi connectivity index (χ3n) is 6.37. The van der Waals surface area contributed by atoms with E-state index in [9.17, 15) is 9.18 Å². The molecule has 4 nitrogen and oxygen atoms in total. The molecule has 0 spiro atoms. The third kappa shape index (κ3) is 3.08. The molecule has 2 aliphatic rings. The van der Waals surface area contributed by atoms with Gasteiger partial charge in [-0.1, -0.05) is 31.2 Å². The van der Waals surface area contributed by atoms with E-state index in [2.05, 4.69) is 28.3 Å². The topological polar surface area (TPSA) is 54.9 Å². The van der Waals surface area contributed by atoms with Gasteiger partial charge in [0, 0.05) is 29.0 Å². The van der Waals surface area contributed by atoms with Gasteiger partial charge in [-0.3, -0.25) is 4.79 Å². The summed E-state index contributed by atoms with van der Waals surface area (Å²) in [4.78, 5) is 20.8. The van der Waals surface area contributed by atoms with Gasteiger partial charge in [0.1, 0.15) is 12.1 Å². The molecule has 3 aromatic rings. The molecule has 1 amide bonds. The fourth-order valence-electron chi connectivity index (χ4n) is 4.85. The minimum absolute atomic E-state index is 0.00856. The van der Waals surface area contributed by atoms with Crippen molar-refractivity contribution >= 4 is 34.0 Å². The summed E-state index contributed by atoms with van der Waals surface area (Å²) in [5, 5.41) is 4.00. The van der Waals surface area contributed by atoms with Gasteiger partial charge in [0.2, 0.25) is 0 Å². The molecule has 1 aromatic heterocycles. The molecule has 30 heavy (non-hydrogen) atoms. The van der Waals surface area contributed by atoms with Crippen molar-refractivity contribution in [3.63, 3.8) is 0 Å². The Balaban J connectivity index is 1.38. The molecule has 6 heteroatoms. The number of benzene rings is 2. The Morgan fingerprint density at radius 2 is 2.07 bits per heavy atom. The lowest BCUT2D eigenvalue weighted by Crippen LogP contribution is -2.38. The second kappa shape index (κ2) is 7.17. The van der Waals surface area contributed by atoms with E-state index in [1.54, 1.807) is 6.07 Å². The summed E-state index contributed by atoms with van der Waals surface area (Å²) < 4.78 is 13.6. The van der Waals surface area contributed by atoms with E-state index in [0.717, 1.165) is 29.5 Å². The van der Waals surface area contributed by atoms with Crippen molar-refractivity contribution in [2.45, 2.75) is 30.7 Å². The third-order valence-corrected chi connectivity index (χ3v) is 7.01. The highest BCUT2D eigenvalue weighted by atomic mass is 35.5. The smallest absolute Gasteiger partial charge is 0.251 e. The molecule has 4 atom stereocenters. The van der Waals surface area contributed by atoms with E-state index in [0.29, 0.717) is 11.1 Å². The first-order valence-electron chi connectivity index (χ1n) is 10.2. The van der Waals surface area contributed by atoms with Crippen LogP contribution in [0.25, 0.3) is 16.5 Å². The number of amides is 1. The Labute approximate surface area is 179 Å². The van der Waals surface area contributed by atoms with E-state index in [4.69, 9.17) is 11.6 Å². The molecule has 152 valence electrons. The van der Waals surface area contributed by atoms with Crippen LogP contribution in [0.15, 0.2) is 60.9 Å². The number of fused-ring (bicyclic) bond motifs is 2. The van der Waals surface area contributed by atoms with Gasteiger partial charge in [-0.25, -0.2) is 14.4 Å². The normalized spacial score (nSPS) is 25.5. The Morgan fingerprint density at radius 1 is 1.27 bits per heavy atom. The van der Waals surface area contributed by atoms with Gasteiger partial charge in [0.05, 0.1) is 16.1 Å². The maximum absolute atomic E-state index is 13.6. The Hall–Kier alpha value is -2.79. The number of rotatable bonds is 5. The number of carbonyl (C=O) groups is 1. The molecule has 0 radical (unpaired) electrons. The van der Waals surface area contributed by atoms with E-state index in [1.165, 1.54) is 18.5 Å². The number of aromatic nitrogens is 2. The number of nitrogens with zero attached hydrogens (tertiary/aromatic N) is 2. The minimum Gasteiger partial charge on any atom is -0.349 e. The molecule has 0 aliphatic heterocycles. The molecule has 2 aliphatic carbocycles. The number of nitrogens with one attached hydrogen (secondary N) is 1. The quantitative estimate of drug-likeness (QED) is 0.590. The molecule has 1 saturated carbocycles. The fraction of sp³-hybridized carbons (Fsp3) is 0.292. The highest BCUT2D eigenvalue weighted by Gasteiger charge is 2.67. The predicted octanol–water partition coefficient (Wildman–Crippen LogP) is 4.99. The molecule has 1 unspecified atom stereocenters. The summed E-state index contributed by atoms with van der Waals surface area (Å²) in [6.07, 6.45) is 5.16. The average molecular weight is 422 g/mol. The van der Waals surface area contributed by atoms with Crippen LogP contribution in [0.3, 0.4) is 0 Å². The van der Waals surface area contributed by atoms with Crippen LogP contribution < -0.4 is 5.32 Å². The highest BCUT2D eigenvalue weighted by molar-refractivity contribution is 6.29. The molecule has 2 aromatic carbocycles. The van der Waals surface area contributed by atoms with E-state index >= 15 is 0 Å². The Kier molecular flexibility index (Phi) is 4.58. The van der Waals surface area contributed by atoms with Gasteiger partial charge in [0.25, 0.3) is 5.91 Å². The summed E-state index contributed by atoms with van der Waals surface area (Å²) in [6.45, 7) is 2.07. The summed E-state index contributed by atoms with van der Waals surface area (Å²) in [5.41, 5.74) is 3.12. The first-order valence-corrected chi connectivity index (χ1v) is 10.6. The summed E-state index contributed by atoms with van der Waals surface area (Å²) in [7, 11) is 0. The predicted molar refractivity (Wildman–Crippen MR) is 116 cm³/mol. The van der Waals surface area contributed by atoms with Crippen LogP contribution in [-0.4, -0.2) is 26.8 Å². The first-order chi connectivity index (χ1) is 14.5. The van der Waals surface area contributed by atoms with Crippen molar-refractivity contribution in [3.8, 4) is 0 Å². The number of hydrogen-bond acceptors (Lipinski definition) is 3. The molecular formula is C24H21ClFN3O. The van der Waals surface area contributed by atoms with Gasteiger partial charge >= 0.3 is 0 Å². The summed E-state index contributed by atoms with van der Waals surface area (Å²) in [6, 6.07) is 13.8. The maximum Gasteiger partial charge on any atom is 0.251 e. The van der Waals surface area contributed by atoms with Crippen molar-refractivity contribution in [1.29, 1.82) is 0 Å². The van der Waals surface area contributed by atoms with Gasteiger partial charge in [-0.05, 0) is 48.6 Å². The number of carbonyl (C=O) groups excluding carboxylic acids is 1. The maximum atomic E-state index is 13.6. The standard InChI is InChI=1S/C24H21ClFN3O/c1-2-19(29-23(30)14-6-4-3-5-7-14)21-18-10-15(12-24(18,21)25)22-17-9-8-16(26)11-20(17)27-13-28-22/h3-9,11-13,18-19,21H,2,10H2,1H3,(H,29,30)/t18-,19?,21+,24+/m1/s1. The summed E-state index contributed by atoms with van der Waals surface area (Å²) >= 11 is 7.00. The van der Waals surface area contributed by atoms with Gasteiger partial charge in [-0.2, -0.15) is 0 Å². The van der Waals surface area contributed by atoms with Crippen LogP contribution in [0, 0.1) is 17.7 Å². The van der Waals surface area contributed by atoms with Gasteiger partial charge in [0.15, 0.2) is 0 Å². The van der Waals surface area contributed by atoms with Gasteiger partial charge < -0.3 is 5.32 Å². The molecule has 1 N–H and O–H groups in total. The average Bonchev–Trinajstić information content (AvgIpc) is 3.15. The van der Waals surface area contributed by atoms with Crippen LogP contribution >= 0.6 is 11.6 Å². The lowest BCUT2D eigenvalue weighted by Gasteiger charge is -2.20. The largest absolute Gasteiger partial charge is 0.349 e. The van der Waals surface area contributed by atoms with Crippen molar-refractivity contribution in [2.24, 2.45) is 11.8 Å². The van der Waals surface area contributed by atoms with Crippen molar-refractivity contribution < 1.29 is 9.18 Å². The molecule has 5 rings (SSSR count).